The van der Waals surface area contributed by atoms with E-state index in [1.807, 2.05) is 37.4 Å². The molecule has 0 radical (unpaired) electrons. The van der Waals surface area contributed by atoms with Crippen molar-refractivity contribution >= 4 is 22.4 Å². The molecule has 0 spiro atoms. The highest BCUT2D eigenvalue weighted by Crippen LogP contribution is 2.42. The first-order valence-corrected chi connectivity index (χ1v) is 9.19. The Labute approximate surface area is 152 Å². The number of hydrogen-bond donors (Lipinski definition) is 1. The molecular weight excluding hydrogens is 328 g/mol. The maximum atomic E-state index is 13.1. The lowest BCUT2D eigenvalue weighted by Gasteiger charge is -2.34. The van der Waals surface area contributed by atoms with E-state index in [1.54, 1.807) is 6.20 Å². The van der Waals surface area contributed by atoms with Crippen LogP contribution in [0, 0.1) is 12.3 Å². The van der Waals surface area contributed by atoms with E-state index in [4.69, 9.17) is 0 Å². The number of rotatable bonds is 5. The van der Waals surface area contributed by atoms with Gasteiger partial charge in [-0.2, -0.15) is 0 Å². The molecule has 3 nitrogen and oxygen atoms in total. The molecule has 1 heterocycles. The molecule has 128 valence electrons. The zero-order valence-corrected chi connectivity index (χ0v) is 15.5. The van der Waals surface area contributed by atoms with Gasteiger partial charge in [0.25, 0.3) is 0 Å². The van der Waals surface area contributed by atoms with Gasteiger partial charge in [0.15, 0.2) is 5.13 Å². The quantitative estimate of drug-likeness (QED) is 0.683. The molecule has 4 heteroatoms. The van der Waals surface area contributed by atoms with Crippen molar-refractivity contribution in [1.29, 1.82) is 0 Å². The Hall–Kier alpha value is -2.46. The third-order valence-corrected chi connectivity index (χ3v) is 5.16. The first kappa shape index (κ1) is 17.4. The third-order valence-electron chi connectivity index (χ3n) is 4.47. The van der Waals surface area contributed by atoms with E-state index >= 15 is 0 Å². The largest absolute Gasteiger partial charge is 0.301 e. The summed E-state index contributed by atoms with van der Waals surface area (Å²) in [5.41, 5.74) is 2.83. The number of aromatic nitrogens is 1. The summed E-state index contributed by atoms with van der Waals surface area (Å²) >= 11 is 1.43. The summed E-state index contributed by atoms with van der Waals surface area (Å²) in [6.07, 6.45) is 1.70. The molecule has 2 aromatic carbocycles. The van der Waals surface area contributed by atoms with Gasteiger partial charge in [-0.05, 0) is 18.1 Å². The van der Waals surface area contributed by atoms with Crippen molar-refractivity contribution in [1.82, 2.24) is 4.98 Å². The van der Waals surface area contributed by atoms with Gasteiger partial charge >= 0.3 is 0 Å². The molecule has 1 amide bonds. The first-order valence-electron chi connectivity index (χ1n) is 8.31. The van der Waals surface area contributed by atoms with Crippen molar-refractivity contribution in [3.05, 3.63) is 82.9 Å². The van der Waals surface area contributed by atoms with Crippen LogP contribution in [0.2, 0.25) is 0 Å². The molecular formula is C21H22N2OS. The first-order chi connectivity index (χ1) is 12.0. The fourth-order valence-corrected chi connectivity index (χ4v) is 3.72. The SMILES string of the molecule is Cc1cccc(C(c2ccccc2)C(C)(C)C(=O)Nc2nccs2)c1. The highest BCUT2D eigenvalue weighted by Gasteiger charge is 2.39. The molecule has 0 aliphatic rings. The Kier molecular flexibility index (Phi) is 5.00. The number of nitrogens with one attached hydrogen (secondary N) is 1. The van der Waals surface area contributed by atoms with Gasteiger partial charge in [0.2, 0.25) is 5.91 Å². The molecule has 3 aromatic rings. The Morgan fingerprint density at radius 2 is 1.80 bits per heavy atom. The Balaban J connectivity index is 2.02. The predicted octanol–water partition coefficient (Wildman–Crippen LogP) is 5.25. The number of anilines is 1. The van der Waals surface area contributed by atoms with E-state index < -0.39 is 5.41 Å². The second-order valence-corrected chi connectivity index (χ2v) is 7.67. The monoisotopic (exact) mass is 350 g/mol. The van der Waals surface area contributed by atoms with Crippen molar-refractivity contribution in [2.24, 2.45) is 5.41 Å². The van der Waals surface area contributed by atoms with Crippen LogP contribution in [-0.2, 0) is 4.79 Å². The Morgan fingerprint density at radius 3 is 2.44 bits per heavy atom. The molecule has 3 rings (SSSR count). The number of nitrogens with zero attached hydrogens (tertiary/aromatic N) is 1. The predicted molar refractivity (Wildman–Crippen MR) is 104 cm³/mol. The van der Waals surface area contributed by atoms with Gasteiger partial charge in [-0.15, -0.1) is 11.3 Å². The van der Waals surface area contributed by atoms with E-state index in [1.165, 1.54) is 16.9 Å². The third kappa shape index (κ3) is 3.80. The van der Waals surface area contributed by atoms with Crippen LogP contribution >= 0.6 is 11.3 Å². The molecule has 1 N–H and O–H groups in total. The Morgan fingerprint density at radius 1 is 1.08 bits per heavy atom. The van der Waals surface area contributed by atoms with Crippen LogP contribution in [-0.4, -0.2) is 10.9 Å². The van der Waals surface area contributed by atoms with Gasteiger partial charge in [-0.25, -0.2) is 4.98 Å². The van der Waals surface area contributed by atoms with Gasteiger partial charge in [-0.3, -0.25) is 4.79 Å². The zero-order chi connectivity index (χ0) is 17.9. The maximum Gasteiger partial charge on any atom is 0.232 e. The van der Waals surface area contributed by atoms with E-state index in [2.05, 4.69) is 53.6 Å². The maximum absolute atomic E-state index is 13.1. The van der Waals surface area contributed by atoms with Crippen molar-refractivity contribution < 1.29 is 4.79 Å². The van der Waals surface area contributed by atoms with Crippen LogP contribution in [0.4, 0.5) is 5.13 Å². The molecule has 1 aromatic heterocycles. The summed E-state index contributed by atoms with van der Waals surface area (Å²) in [4.78, 5) is 17.2. The van der Waals surface area contributed by atoms with Gasteiger partial charge < -0.3 is 5.32 Å². The molecule has 0 aliphatic heterocycles. The van der Waals surface area contributed by atoms with Crippen LogP contribution in [0.25, 0.3) is 0 Å². The summed E-state index contributed by atoms with van der Waals surface area (Å²) in [5, 5.41) is 5.46. The minimum Gasteiger partial charge on any atom is -0.301 e. The van der Waals surface area contributed by atoms with E-state index in [9.17, 15) is 4.79 Å². The summed E-state index contributed by atoms with van der Waals surface area (Å²) in [5.74, 6) is -0.0774. The van der Waals surface area contributed by atoms with E-state index in [0.29, 0.717) is 5.13 Å². The molecule has 1 unspecified atom stereocenters. The topological polar surface area (TPSA) is 42.0 Å². The fourth-order valence-electron chi connectivity index (χ4n) is 3.20. The van der Waals surface area contributed by atoms with Gasteiger partial charge in [0.1, 0.15) is 0 Å². The molecule has 0 fully saturated rings. The number of hydrogen-bond acceptors (Lipinski definition) is 3. The summed E-state index contributed by atoms with van der Waals surface area (Å²) in [6, 6.07) is 18.6. The van der Waals surface area contributed by atoms with Gasteiger partial charge in [-0.1, -0.05) is 74.0 Å². The van der Waals surface area contributed by atoms with Crippen LogP contribution in [0.5, 0.6) is 0 Å². The van der Waals surface area contributed by atoms with Gasteiger partial charge in [0, 0.05) is 17.5 Å². The fraction of sp³-hybridized carbons (Fsp3) is 0.238. The smallest absolute Gasteiger partial charge is 0.232 e. The second kappa shape index (κ2) is 7.19. The highest BCUT2D eigenvalue weighted by atomic mass is 32.1. The number of amides is 1. The zero-order valence-electron chi connectivity index (χ0n) is 14.7. The average Bonchev–Trinajstić information content (AvgIpc) is 3.09. The van der Waals surface area contributed by atoms with Crippen LogP contribution in [0.15, 0.2) is 66.2 Å². The summed E-state index contributed by atoms with van der Waals surface area (Å²) in [6.45, 7) is 6.07. The van der Waals surface area contributed by atoms with Crippen molar-refractivity contribution in [3.8, 4) is 0 Å². The molecule has 0 saturated heterocycles. The van der Waals surface area contributed by atoms with Crippen LogP contribution in [0.1, 0.15) is 36.5 Å². The number of carbonyl (C=O) groups is 1. The lowest BCUT2D eigenvalue weighted by Crippen LogP contribution is -2.37. The van der Waals surface area contributed by atoms with Crippen LogP contribution in [0.3, 0.4) is 0 Å². The average molecular weight is 350 g/mol. The Bertz CT molecular complexity index is 841. The van der Waals surface area contributed by atoms with Crippen molar-refractivity contribution in [3.63, 3.8) is 0 Å². The van der Waals surface area contributed by atoms with Crippen molar-refractivity contribution in [2.75, 3.05) is 5.32 Å². The normalized spacial score (nSPS) is 12.6. The number of carbonyl (C=O) groups excluding carboxylic acids is 1. The summed E-state index contributed by atoms with van der Waals surface area (Å²) in [7, 11) is 0. The van der Waals surface area contributed by atoms with E-state index in [0.717, 1.165) is 11.1 Å². The molecule has 25 heavy (non-hydrogen) atoms. The molecule has 0 saturated carbocycles. The molecule has 0 aliphatic carbocycles. The minimum atomic E-state index is -0.638. The van der Waals surface area contributed by atoms with E-state index in [-0.39, 0.29) is 11.8 Å². The number of benzene rings is 2. The standard InChI is InChI=1S/C21H22N2OS/c1-15-8-7-11-17(14-15)18(16-9-5-4-6-10-16)21(2,3)19(24)23-20-22-12-13-25-20/h4-14,18H,1-3H3,(H,22,23,24). The molecule has 1 atom stereocenters. The lowest BCUT2D eigenvalue weighted by molar-refractivity contribution is -0.124. The second-order valence-electron chi connectivity index (χ2n) is 6.77. The lowest BCUT2D eigenvalue weighted by atomic mass is 9.70. The van der Waals surface area contributed by atoms with Gasteiger partial charge in [0.05, 0.1) is 5.41 Å². The molecule has 0 bridgehead atoms. The van der Waals surface area contributed by atoms with Crippen LogP contribution < -0.4 is 5.32 Å². The minimum absolute atomic E-state index is 0.0298. The number of thiazole rings is 1. The highest BCUT2D eigenvalue weighted by molar-refractivity contribution is 7.13. The summed E-state index contributed by atoms with van der Waals surface area (Å²) < 4.78 is 0. The number of aryl methyl sites for hydroxylation is 1. The van der Waals surface area contributed by atoms with Crippen molar-refractivity contribution in [2.45, 2.75) is 26.7 Å².